The lowest BCUT2D eigenvalue weighted by atomic mass is 9.81. The van der Waals surface area contributed by atoms with Gasteiger partial charge in [-0.2, -0.15) is 10.2 Å². The predicted octanol–water partition coefficient (Wildman–Crippen LogP) is 2.15. The average molecular weight is 284 g/mol. The molecule has 1 aliphatic rings. The van der Waals surface area contributed by atoms with Crippen molar-refractivity contribution in [1.82, 2.24) is 19.6 Å². The zero-order valence-corrected chi connectivity index (χ0v) is 12.5. The van der Waals surface area contributed by atoms with Crippen molar-refractivity contribution in [3.63, 3.8) is 0 Å². The average Bonchev–Trinajstić information content (AvgIpc) is 3.03. The van der Waals surface area contributed by atoms with E-state index in [1.54, 1.807) is 9.36 Å². The van der Waals surface area contributed by atoms with Gasteiger partial charge in [-0.25, -0.2) is 0 Å². The number of aryl methyl sites for hydroxylation is 2. The molecule has 5 heteroatoms. The second kappa shape index (κ2) is 5.68. The van der Waals surface area contributed by atoms with Crippen LogP contribution in [0.3, 0.4) is 0 Å². The standard InChI is InChI=1S/C16H20N4O/c1-19-8-6-14(17-19)10-12-4-3-5-13(16(12)21)11-15-7-9-20(2)18-15/h6-10,13H,3-5,11H2,1-2H3/b12-10+. The Labute approximate surface area is 124 Å². The smallest absolute Gasteiger partial charge is 0.162 e. The monoisotopic (exact) mass is 284 g/mol. The third kappa shape index (κ3) is 3.12. The van der Waals surface area contributed by atoms with Gasteiger partial charge in [0.05, 0.1) is 11.4 Å². The van der Waals surface area contributed by atoms with Crippen LogP contribution in [-0.2, 0) is 25.3 Å². The molecule has 1 unspecified atom stereocenters. The van der Waals surface area contributed by atoms with E-state index in [0.29, 0.717) is 0 Å². The molecule has 0 amide bonds. The van der Waals surface area contributed by atoms with E-state index in [0.717, 1.165) is 42.6 Å². The Balaban J connectivity index is 1.75. The van der Waals surface area contributed by atoms with E-state index in [9.17, 15) is 4.79 Å². The first-order valence-electron chi connectivity index (χ1n) is 7.35. The molecule has 21 heavy (non-hydrogen) atoms. The minimum absolute atomic E-state index is 0.0589. The van der Waals surface area contributed by atoms with Crippen LogP contribution in [0.2, 0.25) is 0 Å². The van der Waals surface area contributed by atoms with Crippen LogP contribution in [0.15, 0.2) is 30.1 Å². The Hall–Kier alpha value is -2.17. The maximum atomic E-state index is 12.6. The van der Waals surface area contributed by atoms with E-state index in [2.05, 4.69) is 10.2 Å². The Morgan fingerprint density at radius 2 is 2.00 bits per heavy atom. The van der Waals surface area contributed by atoms with Gasteiger partial charge in [-0.15, -0.1) is 0 Å². The first-order chi connectivity index (χ1) is 10.1. The van der Waals surface area contributed by atoms with E-state index in [4.69, 9.17) is 0 Å². The lowest BCUT2D eigenvalue weighted by Gasteiger charge is -2.22. The van der Waals surface area contributed by atoms with E-state index in [1.165, 1.54) is 0 Å². The quantitative estimate of drug-likeness (QED) is 0.812. The van der Waals surface area contributed by atoms with Gasteiger partial charge >= 0.3 is 0 Å². The fourth-order valence-electron chi connectivity index (χ4n) is 2.91. The zero-order chi connectivity index (χ0) is 14.8. The van der Waals surface area contributed by atoms with Crippen molar-refractivity contribution in [1.29, 1.82) is 0 Å². The number of nitrogens with zero attached hydrogens (tertiary/aromatic N) is 4. The van der Waals surface area contributed by atoms with Gasteiger partial charge in [0.15, 0.2) is 5.78 Å². The highest BCUT2D eigenvalue weighted by Gasteiger charge is 2.27. The molecule has 0 spiro atoms. The highest BCUT2D eigenvalue weighted by molar-refractivity contribution is 6.01. The van der Waals surface area contributed by atoms with Crippen molar-refractivity contribution < 1.29 is 4.79 Å². The molecule has 0 aliphatic heterocycles. The van der Waals surface area contributed by atoms with E-state index >= 15 is 0 Å². The summed E-state index contributed by atoms with van der Waals surface area (Å²) in [6.07, 6.45) is 9.36. The Morgan fingerprint density at radius 1 is 1.24 bits per heavy atom. The van der Waals surface area contributed by atoms with Crippen LogP contribution >= 0.6 is 0 Å². The topological polar surface area (TPSA) is 52.7 Å². The summed E-state index contributed by atoms with van der Waals surface area (Å²) in [5.74, 6) is 0.321. The Bertz CT molecular complexity index is 680. The van der Waals surface area contributed by atoms with E-state index in [1.807, 2.05) is 44.7 Å². The number of aromatic nitrogens is 4. The molecule has 1 fully saturated rings. The van der Waals surface area contributed by atoms with Crippen molar-refractivity contribution in [2.45, 2.75) is 25.7 Å². The fraction of sp³-hybridized carbons (Fsp3) is 0.438. The lowest BCUT2D eigenvalue weighted by molar-refractivity contribution is -0.120. The number of carbonyl (C=O) groups excluding carboxylic acids is 1. The molecule has 3 rings (SSSR count). The minimum Gasteiger partial charge on any atom is -0.294 e. The lowest BCUT2D eigenvalue weighted by Crippen LogP contribution is -2.23. The van der Waals surface area contributed by atoms with Gasteiger partial charge in [-0.05, 0) is 43.0 Å². The molecule has 0 bridgehead atoms. The maximum Gasteiger partial charge on any atom is 0.162 e. The highest BCUT2D eigenvalue weighted by Crippen LogP contribution is 2.28. The summed E-state index contributed by atoms with van der Waals surface area (Å²) in [6.45, 7) is 0. The van der Waals surface area contributed by atoms with Crippen LogP contribution in [0.25, 0.3) is 6.08 Å². The van der Waals surface area contributed by atoms with Crippen LogP contribution < -0.4 is 0 Å². The maximum absolute atomic E-state index is 12.6. The van der Waals surface area contributed by atoms with Gasteiger partial charge in [-0.1, -0.05) is 0 Å². The molecule has 2 aromatic rings. The first-order valence-corrected chi connectivity index (χ1v) is 7.35. The van der Waals surface area contributed by atoms with Gasteiger partial charge in [0.1, 0.15) is 0 Å². The summed E-state index contributed by atoms with van der Waals surface area (Å²) in [6, 6.07) is 3.92. The van der Waals surface area contributed by atoms with Gasteiger partial charge in [0, 0.05) is 38.8 Å². The number of ketones is 1. The molecule has 2 heterocycles. The van der Waals surface area contributed by atoms with Crippen LogP contribution in [0, 0.1) is 5.92 Å². The summed E-state index contributed by atoms with van der Waals surface area (Å²) in [5, 5.41) is 8.70. The van der Waals surface area contributed by atoms with Crippen LogP contribution in [0.1, 0.15) is 30.7 Å². The molecule has 0 aromatic carbocycles. The normalized spacial score (nSPS) is 21.1. The number of hydrogen-bond donors (Lipinski definition) is 0. The van der Waals surface area contributed by atoms with Gasteiger partial charge in [0.2, 0.25) is 0 Å². The van der Waals surface area contributed by atoms with Crippen molar-refractivity contribution in [3.05, 3.63) is 41.5 Å². The van der Waals surface area contributed by atoms with E-state index in [-0.39, 0.29) is 11.7 Å². The van der Waals surface area contributed by atoms with Crippen LogP contribution in [-0.4, -0.2) is 25.3 Å². The van der Waals surface area contributed by atoms with Crippen molar-refractivity contribution in [2.24, 2.45) is 20.0 Å². The molecule has 0 saturated heterocycles. The third-order valence-electron chi connectivity index (χ3n) is 3.97. The number of allylic oxidation sites excluding steroid dienone is 1. The molecular formula is C16H20N4O. The summed E-state index contributed by atoms with van der Waals surface area (Å²) in [7, 11) is 3.78. The third-order valence-corrected chi connectivity index (χ3v) is 3.97. The summed E-state index contributed by atoms with van der Waals surface area (Å²) in [4.78, 5) is 12.6. The number of Topliss-reactive ketones (excluding diaryl/α,β-unsaturated/α-hetero) is 1. The number of rotatable bonds is 3. The summed E-state index contributed by atoms with van der Waals surface area (Å²) >= 11 is 0. The molecule has 5 nitrogen and oxygen atoms in total. The Morgan fingerprint density at radius 3 is 2.67 bits per heavy atom. The predicted molar refractivity (Wildman–Crippen MR) is 80.4 cm³/mol. The van der Waals surface area contributed by atoms with Crippen molar-refractivity contribution in [3.8, 4) is 0 Å². The minimum atomic E-state index is 0.0589. The number of hydrogen-bond acceptors (Lipinski definition) is 3. The second-order valence-corrected chi connectivity index (χ2v) is 5.72. The molecule has 0 N–H and O–H groups in total. The zero-order valence-electron chi connectivity index (χ0n) is 12.5. The SMILES string of the molecule is Cn1ccc(/C=C2\CCCC(Cc3ccn(C)n3)C2=O)n1. The second-order valence-electron chi connectivity index (χ2n) is 5.72. The van der Waals surface area contributed by atoms with Gasteiger partial charge < -0.3 is 0 Å². The molecular weight excluding hydrogens is 264 g/mol. The van der Waals surface area contributed by atoms with Crippen LogP contribution in [0.4, 0.5) is 0 Å². The Kier molecular flexibility index (Phi) is 3.73. The molecule has 110 valence electrons. The highest BCUT2D eigenvalue weighted by atomic mass is 16.1. The molecule has 2 aromatic heterocycles. The molecule has 1 atom stereocenters. The van der Waals surface area contributed by atoms with Crippen molar-refractivity contribution in [2.75, 3.05) is 0 Å². The largest absolute Gasteiger partial charge is 0.294 e. The molecule has 0 radical (unpaired) electrons. The van der Waals surface area contributed by atoms with E-state index < -0.39 is 0 Å². The molecule has 1 saturated carbocycles. The summed E-state index contributed by atoms with van der Waals surface area (Å²) < 4.78 is 3.54. The van der Waals surface area contributed by atoms with Crippen LogP contribution in [0.5, 0.6) is 0 Å². The summed E-state index contributed by atoms with van der Waals surface area (Å²) in [5.41, 5.74) is 2.76. The van der Waals surface area contributed by atoms with Gasteiger partial charge in [0.25, 0.3) is 0 Å². The van der Waals surface area contributed by atoms with Crippen molar-refractivity contribution >= 4 is 11.9 Å². The van der Waals surface area contributed by atoms with Gasteiger partial charge in [-0.3, -0.25) is 14.2 Å². The number of carbonyl (C=O) groups is 1. The first kappa shape index (κ1) is 13.8. The molecule has 1 aliphatic carbocycles. The fourth-order valence-corrected chi connectivity index (χ4v) is 2.91.